The standard InChI is InChI=1S/C16H15N5O2S/c22-16(23)12-10-24-14(17-12)9-20-6-7-21-13(8-20)18-19-15(21)11-4-2-1-3-5-11/h1-5,10H,6-9H2,(H,22,23). The van der Waals surface area contributed by atoms with Gasteiger partial charge in [0.1, 0.15) is 10.8 Å². The molecule has 8 heteroatoms. The topological polar surface area (TPSA) is 84.1 Å². The summed E-state index contributed by atoms with van der Waals surface area (Å²) in [6.45, 7) is 2.98. The molecule has 7 nitrogen and oxygen atoms in total. The van der Waals surface area contributed by atoms with Gasteiger partial charge < -0.3 is 9.67 Å². The molecule has 1 aromatic carbocycles. The van der Waals surface area contributed by atoms with Crippen LogP contribution in [0.15, 0.2) is 35.7 Å². The molecule has 0 unspecified atom stereocenters. The van der Waals surface area contributed by atoms with Crippen LogP contribution in [0.25, 0.3) is 11.4 Å². The number of hydrogen-bond acceptors (Lipinski definition) is 6. The highest BCUT2D eigenvalue weighted by atomic mass is 32.1. The Bertz CT molecular complexity index is 874. The fourth-order valence-corrected chi connectivity index (χ4v) is 3.63. The molecule has 0 saturated heterocycles. The van der Waals surface area contributed by atoms with Crippen LogP contribution in [0.1, 0.15) is 21.3 Å². The molecule has 0 spiro atoms. The van der Waals surface area contributed by atoms with E-state index in [1.807, 2.05) is 30.3 Å². The van der Waals surface area contributed by atoms with Crippen LogP contribution in [0.3, 0.4) is 0 Å². The number of carboxylic acid groups (broad SMARTS) is 1. The van der Waals surface area contributed by atoms with Gasteiger partial charge in [-0.25, -0.2) is 9.78 Å². The van der Waals surface area contributed by atoms with Crippen LogP contribution in [-0.2, 0) is 19.6 Å². The van der Waals surface area contributed by atoms with Crippen molar-refractivity contribution in [2.75, 3.05) is 6.54 Å². The number of benzene rings is 1. The quantitative estimate of drug-likeness (QED) is 0.782. The number of aromatic nitrogens is 4. The number of hydrogen-bond donors (Lipinski definition) is 1. The average molecular weight is 341 g/mol. The molecule has 24 heavy (non-hydrogen) atoms. The van der Waals surface area contributed by atoms with E-state index in [0.717, 1.165) is 35.3 Å². The first-order valence-corrected chi connectivity index (χ1v) is 8.46. The maximum atomic E-state index is 10.9. The summed E-state index contributed by atoms with van der Waals surface area (Å²) in [5.74, 6) is 0.839. The van der Waals surface area contributed by atoms with E-state index in [0.29, 0.717) is 13.1 Å². The minimum atomic E-state index is -0.983. The van der Waals surface area contributed by atoms with Crippen molar-refractivity contribution >= 4 is 17.3 Å². The van der Waals surface area contributed by atoms with Crippen molar-refractivity contribution in [3.8, 4) is 11.4 Å². The van der Waals surface area contributed by atoms with Gasteiger partial charge in [0, 0.05) is 24.0 Å². The van der Waals surface area contributed by atoms with Crippen molar-refractivity contribution in [2.24, 2.45) is 0 Å². The second-order valence-electron chi connectivity index (χ2n) is 5.60. The summed E-state index contributed by atoms with van der Waals surface area (Å²) in [6.07, 6.45) is 0. The van der Waals surface area contributed by atoms with Crippen molar-refractivity contribution in [3.63, 3.8) is 0 Å². The van der Waals surface area contributed by atoms with E-state index in [-0.39, 0.29) is 5.69 Å². The Kier molecular flexibility index (Phi) is 3.83. The number of fused-ring (bicyclic) bond motifs is 1. The lowest BCUT2D eigenvalue weighted by Gasteiger charge is -2.26. The molecular formula is C16H15N5O2S. The predicted molar refractivity (Wildman–Crippen MR) is 88.6 cm³/mol. The van der Waals surface area contributed by atoms with Crippen molar-refractivity contribution in [1.29, 1.82) is 0 Å². The number of thiazole rings is 1. The van der Waals surface area contributed by atoms with E-state index in [1.165, 1.54) is 11.3 Å². The first-order valence-electron chi connectivity index (χ1n) is 7.58. The molecule has 2 aromatic heterocycles. The van der Waals surface area contributed by atoms with Crippen molar-refractivity contribution in [1.82, 2.24) is 24.6 Å². The number of carbonyl (C=O) groups is 1. The molecule has 0 radical (unpaired) electrons. The number of aromatic carboxylic acids is 1. The van der Waals surface area contributed by atoms with Crippen LogP contribution in [0.2, 0.25) is 0 Å². The van der Waals surface area contributed by atoms with E-state index >= 15 is 0 Å². The summed E-state index contributed by atoms with van der Waals surface area (Å²) in [4.78, 5) is 17.3. The monoisotopic (exact) mass is 341 g/mol. The fourth-order valence-electron chi connectivity index (χ4n) is 2.82. The van der Waals surface area contributed by atoms with Crippen LogP contribution in [0.4, 0.5) is 0 Å². The van der Waals surface area contributed by atoms with Crippen molar-refractivity contribution in [3.05, 3.63) is 52.2 Å². The molecule has 1 aliphatic heterocycles. The summed E-state index contributed by atoms with van der Waals surface area (Å²) < 4.78 is 2.15. The Labute approximate surface area is 142 Å². The molecule has 3 heterocycles. The van der Waals surface area contributed by atoms with Gasteiger partial charge in [0.15, 0.2) is 11.5 Å². The lowest BCUT2D eigenvalue weighted by molar-refractivity contribution is 0.0691. The van der Waals surface area contributed by atoms with Gasteiger partial charge >= 0.3 is 5.97 Å². The fraction of sp³-hybridized carbons (Fsp3) is 0.250. The van der Waals surface area contributed by atoms with E-state index in [1.54, 1.807) is 5.38 Å². The highest BCUT2D eigenvalue weighted by Crippen LogP contribution is 2.22. The average Bonchev–Trinajstić information content (AvgIpc) is 3.22. The molecule has 122 valence electrons. The van der Waals surface area contributed by atoms with E-state index in [9.17, 15) is 4.79 Å². The van der Waals surface area contributed by atoms with Gasteiger partial charge in [-0.2, -0.15) is 0 Å². The summed E-state index contributed by atoms with van der Waals surface area (Å²) >= 11 is 1.38. The first kappa shape index (κ1) is 15.0. The zero-order valence-corrected chi connectivity index (χ0v) is 13.6. The normalized spacial score (nSPS) is 14.5. The van der Waals surface area contributed by atoms with Crippen LogP contribution in [-0.4, -0.2) is 42.3 Å². The van der Waals surface area contributed by atoms with Crippen LogP contribution in [0, 0.1) is 0 Å². The zero-order chi connectivity index (χ0) is 16.5. The maximum absolute atomic E-state index is 10.9. The zero-order valence-electron chi connectivity index (χ0n) is 12.8. The Morgan fingerprint density at radius 3 is 2.79 bits per heavy atom. The van der Waals surface area contributed by atoms with Crippen LogP contribution >= 0.6 is 11.3 Å². The van der Waals surface area contributed by atoms with Gasteiger partial charge in [0.2, 0.25) is 0 Å². The van der Waals surface area contributed by atoms with Gasteiger partial charge in [-0.15, -0.1) is 21.5 Å². The van der Waals surface area contributed by atoms with Gasteiger partial charge in [-0.05, 0) is 0 Å². The Morgan fingerprint density at radius 2 is 2.04 bits per heavy atom. The highest BCUT2D eigenvalue weighted by molar-refractivity contribution is 7.09. The summed E-state index contributed by atoms with van der Waals surface area (Å²) in [6, 6.07) is 10.0. The number of nitrogens with zero attached hydrogens (tertiary/aromatic N) is 5. The minimum Gasteiger partial charge on any atom is -0.476 e. The number of rotatable bonds is 4. The lowest BCUT2D eigenvalue weighted by atomic mass is 10.2. The van der Waals surface area contributed by atoms with Crippen LogP contribution in [0.5, 0.6) is 0 Å². The van der Waals surface area contributed by atoms with E-state index in [4.69, 9.17) is 5.11 Å². The van der Waals surface area contributed by atoms with Crippen LogP contribution < -0.4 is 0 Å². The third-order valence-electron chi connectivity index (χ3n) is 3.99. The molecule has 1 N–H and O–H groups in total. The third-order valence-corrected chi connectivity index (χ3v) is 4.83. The second-order valence-corrected chi connectivity index (χ2v) is 6.54. The third kappa shape index (κ3) is 2.81. The molecule has 0 saturated carbocycles. The minimum absolute atomic E-state index is 0.113. The summed E-state index contributed by atoms with van der Waals surface area (Å²) in [5, 5.41) is 20.0. The van der Waals surface area contributed by atoms with Gasteiger partial charge in [-0.1, -0.05) is 30.3 Å². The molecule has 3 aromatic rings. The molecule has 0 atom stereocenters. The summed E-state index contributed by atoms with van der Waals surface area (Å²) in [5.41, 5.74) is 1.18. The lowest BCUT2D eigenvalue weighted by Crippen LogP contribution is -2.33. The molecule has 0 bridgehead atoms. The maximum Gasteiger partial charge on any atom is 0.355 e. The SMILES string of the molecule is O=C(O)c1csc(CN2CCn3c(nnc3-c3ccccc3)C2)n1. The Morgan fingerprint density at radius 1 is 1.21 bits per heavy atom. The molecule has 0 fully saturated rings. The van der Waals surface area contributed by atoms with Gasteiger partial charge in [0.25, 0.3) is 0 Å². The smallest absolute Gasteiger partial charge is 0.355 e. The first-order chi connectivity index (χ1) is 11.7. The summed E-state index contributed by atoms with van der Waals surface area (Å²) in [7, 11) is 0. The molecule has 4 rings (SSSR count). The number of carboxylic acids is 1. The predicted octanol–water partition coefficient (Wildman–Crippen LogP) is 2.12. The second kappa shape index (κ2) is 6.14. The van der Waals surface area contributed by atoms with E-state index < -0.39 is 5.97 Å². The molecule has 0 amide bonds. The van der Waals surface area contributed by atoms with Gasteiger partial charge in [-0.3, -0.25) is 4.90 Å². The van der Waals surface area contributed by atoms with Gasteiger partial charge in [0.05, 0.1) is 13.1 Å². The van der Waals surface area contributed by atoms with Crippen molar-refractivity contribution in [2.45, 2.75) is 19.6 Å². The molecule has 0 aliphatic carbocycles. The van der Waals surface area contributed by atoms with Crippen molar-refractivity contribution < 1.29 is 9.90 Å². The van der Waals surface area contributed by atoms with E-state index in [2.05, 4.69) is 24.6 Å². The Balaban J connectivity index is 1.50. The largest absolute Gasteiger partial charge is 0.476 e. The Hall–Kier alpha value is -2.58. The molecule has 1 aliphatic rings. The molecular weight excluding hydrogens is 326 g/mol. The highest BCUT2D eigenvalue weighted by Gasteiger charge is 2.22.